The van der Waals surface area contributed by atoms with Crippen LogP contribution in [0.4, 0.5) is 30.4 Å². The van der Waals surface area contributed by atoms with Crippen molar-refractivity contribution in [3.8, 4) is 17.5 Å². The zero-order valence-corrected chi connectivity index (χ0v) is 18.5. The highest BCUT2D eigenvalue weighted by Crippen LogP contribution is 2.35. The highest BCUT2D eigenvalue weighted by molar-refractivity contribution is 6.04. The summed E-state index contributed by atoms with van der Waals surface area (Å²) < 4.78 is 47.3. The Kier molecular flexibility index (Phi) is 6.59. The molecule has 1 heterocycles. The Morgan fingerprint density at radius 3 is 2.25 bits per heavy atom. The van der Waals surface area contributed by atoms with Gasteiger partial charge in [-0.3, -0.25) is 4.79 Å². The van der Waals surface area contributed by atoms with Gasteiger partial charge in [-0.15, -0.1) is 0 Å². The summed E-state index contributed by atoms with van der Waals surface area (Å²) in [7, 11) is 1.28. The van der Waals surface area contributed by atoms with Crippen LogP contribution in [0.2, 0.25) is 0 Å². The van der Waals surface area contributed by atoms with Gasteiger partial charge in [0.2, 0.25) is 0 Å². The van der Waals surface area contributed by atoms with Gasteiger partial charge >= 0.3 is 18.2 Å². The first kappa shape index (κ1) is 24.3. The van der Waals surface area contributed by atoms with Crippen molar-refractivity contribution in [2.75, 3.05) is 17.7 Å². The van der Waals surface area contributed by atoms with E-state index in [0.717, 1.165) is 0 Å². The number of methoxy groups -OCH3 is 1. The normalized spacial score (nSPS) is 11.1. The minimum absolute atomic E-state index is 0.00115. The molecule has 3 aromatic carbocycles. The van der Waals surface area contributed by atoms with E-state index in [1.54, 1.807) is 54.6 Å². The topological polar surface area (TPSA) is 123 Å². The van der Waals surface area contributed by atoms with Gasteiger partial charge in [0, 0.05) is 28.4 Å². The van der Waals surface area contributed by atoms with E-state index in [1.165, 1.54) is 19.2 Å². The average Bonchev–Trinajstić information content (AvgIpc) is 2.85. The van der Waals surface area contributed by atoms with Gasteiger partial charge in [0.05, 0.1) is 12.6 Å². The lowest BCUT2D eigenvalue weighted by Crippen LogP contribution is -2.28. The smallest absolute Gasteiger partial charge is 0.491 e. The number of nitrogens with zero attached hydrogens (tertiary/aromatic N) is 2. The average molecular weight is 498 g/mol. The van der Waals surface area contributed by atoms with Crippen LogP contribution in [0.3, 0.4) is 0 Å². The van der Waals surface area contributed by atoms with E-state index in [-0.39, 0.29) is 34.1 Å². The summed E-state index contributed by atoms with van der Waals surface area (Å²) in [6.45, 7) is 0. The third-order valence-electron chi connectivity index (χ3n) is 4.83. The number of aromatic nitrogens is 2. The minimum atomic E-state index is -5.25. The lowest BCUT2D eigenvalue weighted by Gasteiger charge is -2.13. The molecule has 0 bridgehead atoms. The molecule has 12 heteroatoms. The predicted molar refractivity (Wildman–Crippen MR) is 124 cm³/mol. The lowest BCUT2D eigenvalue weighted by atomic mass is 10.2. The van der Waals surface area contributed by atoms with Crippen molar-refractivity contribution in [3.63, 3.8) is 0 Å². The second-order valence-corrected chi connectivity index (χ2v) is 7.31. The number of halogens is 3. The van der Waals surface area contributed by atoms with Crippen molar-refractivity contribution in [2.24, 2.45) is 0 Å². The molecule has 0 saturated heterocycles. The van der Waals surface area contributed by atoms with Gasteiger partial charge in [0.1, 0.15) is 5.82 Å². The number of alkyl halides is 3. The molecule has 0 aliphatic carbocycles. The Balaban J connectivity index is 1.63. The summed E-state index contributed by atoms with van der Waals surface area (Å²) >= 11 is 0. The minimum Gasteiger partial charge on any atom is -0.504 e. The summed E-state index contributed by atoms with van der Waals surface area (Å²) in [6, 6.07) is 16.6. The van der Waals surface area contributed by atoms with Gasteiger partial charge in [0.15, 0.2) is 11.5 Å². The van der Waals surface area contributed by atoms with Crippen LogP contribution in [0, 0.1) is 0 Å². The van der Waals surface area contributed by atoms with Gasteiger partial charge in [0.25, 0.3) is 5.91 Å². The first-order chi connectivity index (χ1) is 17.1. The number of benzene rings is 3. The van der Waals surface area contributed by atoms with Crippen molar-refractivity contribution < 1.29 is 37.3 Å². The van der Waals surface area contributed by atoms with Gasteiger partial charge in [-0.05, 0) is 42.5 Å². The van der Waals surface area contributed by atoms with E-state index in [1.807, 2.05) is 0 Å². The number of aromatic hydroxyl groups is 1. The van der Waals surface area contributed by atoms with Crippen molar-refractivity contribution in [1.29, 1.82) is 0 Å². The van der Waals surface area contributed by atoms with Crippen molar-refractivity contribution in [2.45, 2.75) is 6.18 Å². The molecule has 36 heavy (non-hydrogen) atoms. The Labute approximate surface area is 201 Å². The summed E-state index contributed by atoms with van der Waals surface area (Å²) in [4.78, 5) is 31.3. The largest absolute Gasteiger partial charge is 0.504 e. The zero-order chi connectivity index (χ0) is 25.9. The van der Waals surface area contributed by atoms with E-state index < -0.39 is 18.2 Å². The highest BCUT2D eigenvalue weighted by atomic mass is 19.4. The fourth-order valence-electron chi connectivity index (χ4n) is 3.14. The summed E-state index contributed by atoms with van der Waals surface area (Å²) in [5.74, 6) is -3.12. The van der Waals surface area contributed by atoms with Gasteiger partial charge in [-0.25, -0.2) is 4.79 Å². The number of phenols is 1. The molecule has 1 aromatic heterocycles. The van der Waals surface area contributed by atoms with Crippen LogP contribution in [0.1, 0.15) is 10.4 Å². The number of hydrogen-bond acceptors (Lipinski definition) is 8. The van der Waals surface area contributed by atoms with Crippen LogP contribution in [-0.2, 0) is 4.79 Å². The van der Waals surface area contributed by atoms with Crippen molar-refractivity contribution in [1.82, 2.24) is 9.97 Å². The van der Waals surface area contributed by atoms with Crippen LogP contribution in [0.25, 0.3) is 10.9 Å². The molecule has 0 radical (unpaired) electrons. The third-order valence-corrected chi connectivity index (χ3v) is 4.83. The number of carbonyl (C=O) groups excluding carboxylic acids is 2. The molecule has 3 N–H and O–H groups in total. The molecular formula is C24H17F3N4O5. The zero-order valence-electron chi connectivity index (χ0n) is 18.5. The molecule has 0 aliphatic heterocycles. The Bertz CT molecular complexity index is 1430. The number of fused-ring (bicyclic) bond motifs is 1. The second kappa shape index (κ2) is 9.78. The SMILES string of the molecule is COc1cc2nc(OC(=O)C(F)(F)F)nc(Nc3ccc(NC(=O)c4ccccc4)cc3)c2cc1O. The van der Waals surface area contributed by atoms with E-state index in [0.29, 0.717) is 16.9 Å². The maximum Gasteiger partial charge on any atom is 0.491 e. The van der Waals surface area contributed by atoms with E-state index >= 15 is 0 Å². The Morgan fingerprint density at radius 2 is 1.61 bits per heavy atom. The summed E-state index contributed by atoms with van der Waals surface area (Å²) in [6.07, 6.45) is -5.25. The van der Waals surface area contributed by atoms with Crippen LogP contribution in [0.15, 0.2) is 66.7 Å². The molecule has 4 aromatic rings. The Morgan fingerprint density at radius 1 is 0.944 bits per heavy atom. The van der Waals surface area contributed by atoms with Crippen LogP contribution in [0.5, 0.6) is 17.5 Å². The summed E-state index contributed by atoms with van der Waals surface area (Å²) in [5.41, 5.74) is 1.43. The molecular weight excluding hydrogens is 481 g/mol. The molecule has 1 amide bonds. The highest BCUT2D eigenvalue weighted by Gasteiger charge is 2.42. The molecule has 4 rings (SSSR count). The molecule has 0 aliphatic rings. The third kappa shape index (κ3) is 5.43. The number of carbonyl (C=O) groups is 2. The van der Waals surface area contributed by atoms with Gasteiger partial charge < -0.3 is 25.2 Å². The molecule has 0 fully saturated rings. The maximum absolute atomic E-state index is 12.7. The van der Waals surface area contributed by atoms with Gasteiger partial charge in [-0.2, -0.15) is 23.1 Å². The number of anilines is 3. The molecule has 0 atom stereocenters. The number of amides is 1. The molecule has 0 saturated carbocycles. The van der Waals surface area contributed by atoms with E-state index in [2.05, 4.69) is 25.3 Å². The summed E-state index contributed by atoms with van der Waals surface area (Å²) in [5, 5.41) is 16.0. The Hall–Kier alpha value is -4.87. The van der Waals surface area contributed by atoms with Crippen molar-refractivity contribution in [3.05, 3.63) is 72.3 Å². The van der Waals surface area contributed by atoms with E-state index in [9.17, 15) is 27.9 Å². The fraction of sp³-hybridized carbons (Fsp3) is 0.0833. The fourth-order valence-corrected chi connectivity index (χ4v) is 3.14. The number of hydrogen-bond donors (Lipinski definition) is 3. The quantitative estimate of drug-likeness (QED) is 0.324. The monoisotopic (exact) mass is 498 g/mol. The first-order valence-corrected chi connectivity index (χ1v) is 10.3. The number of nitrogens with one attached hydrogen (secondary N) is 2. The van der Waals surface area contributed by atoms with E-state index in [4.69, 9.17) is 4.74 Å². The number of ether oxygens (including phenoxy) is 2. The molecule has 184 valence electrons. The maximum atomic E-state index is 12.7. The number of rotatable bonds is 6. The van der Waals surface area contributed by atoms with Gasteiger partial charge in [-0.1, -0.05) is 18.2 Å². The first-order valence-electron chi connectivity index (χ1n) is 10.3. The van der Waals surface area contributed by atoms with Crippen molar-refractivity contribution >= 4 is 40.0 Å². The number of esters is 1. The standard InChI is InChI=1S/C24H17F3N4O5/c1-35-19-12-17-16(11-18(19)32)20(31-23(30-17)36-22(34)24(25,26)27)28-14-7-9-15(10-8-14)29-21(33)13-5-3-2-4-6-13/h2-12,32H,1H3,(H,29,33)(H,28,30,31). The van der Waals surface area contributed by atoms with Crippen LogP contribution < -0.4 is 20.1 Å². The predicted octanol–water partition coefficient (Wildman–Crippen LogP) is 4.81. The van der Waals surface area contributed by atoms with Crippen LogP contribution in [-0.4, -0.2) is 40.2 Å². The second-order valence-electron chi connectivity index (χ2n) is 7.31. The number of phenolic OH excluding ortho intramolecular Hbond substituents is 1. The molecule has 0 spiro atoms. The van der Waals surface area contributed by atoms with Crippen LogP contribution >= 0.6 is 0 Å². The molecule has 0 unspecified atom stereocenters. The molecule has 9 nitrogen and oxygen atoms in total. The lowest BCUT2D eigenvalue weighted by molar-refractivity contribution is -0.190.